The molecule has 7 heteroatoms. The number of aromatic amines is 1. The SMILES string of the molecule is Cc1nc(C(=O)OCC2CCC3(C2)CC3(F)F)c2cc[nH]c2n1. The van der Waals surface area contributed by atoms with Gasteiger partial charge in [0.25, 0.3) is 5.92 Å². The van der Waals surface area contributed by atoms with Gasteiger partial charge in [-0.25, -0.2) is 23.5 Å². The predicted octanol–water partition coefficient (Wildman–Crippen LogP) is 3.25. The largest absolute Gasteiger partial charge is 0.461 e. The summed E-state index contributed by atoms with van der Waals surface area (Å²) in [5.41, 5.74) is -0.0103. The molecule has 23 heavy (non-hydrogen) atoms. The van der Waals surface area contributed by atoms with Gasteiger partial charge < -0.3 is 9.72 Å². The van der Waals surface area contributed by atoms with Crippen molar-refractivity contribution in [3.05, 3.63) is 23.8 Å². The van der Waals surface area contributed by atoms with Crippen LogP contribution in [-0.4, -0.2) is 33.5 Å². The van der Waals surface area contributed by atoms with Crippen LogP contribution in [0.15, 0.2) is 12.3 Å². The van der Waals surface area contributed by atoms with Crippen molar-refractivity contribution >= 4 is 17.0 Å². The van der Waals surface area contributed by atoms with Crippen molar-refractivity contribution in [2.45, 2.75) is 38.5 Å². The molecule has 0 aliphatic heterocycles. The van der Waals surface area contributed by atoms with Crippen molar-refractivity contribution in [1.29, 1.82) is 0 Å². The molecule has 2 heterocycles. The quantitative estimate of drug-likeness (QED) is 0.881. The van der Waals surface area contributed by atoms with Gasteiger partial charge in [-0.15, -0.1) is 0 Å². The zero-order valence-corrected chi connectivity index (χ0v) is 12.7. The smallest absolute Gasteiger partial charge is 0.357 e. The molecule has 4 rings (SSSR count). The van der Waals surface area contributed by atoms with Crippen LogP contribution in [0.5, 0.6) is 0 Å². The lowest BCUT2D eigenvalue weighted by Crippen LogP contribution is -2.15. The van der Waals surface area contributed by atoms with E-state index in [4.69, 9.17) is 4.74 Å². The number of hydrogen-bond acceptors (Lipinski definition) is 4. The zero-order valence-electron chi connectivity index (χ0n) is 12.7. The maximum atomic E-state index is 13.4. The number of ether oxygens (including phenoxy) is 1. The van der Waals surface area contributed by atoms with Gasteiger partial charge in [0, 0.05) is 18.0 Å². The van der Waals surface area contributed by atoms with E-state index in [0.29, 0.717) is 36.1 Å². The first-order valence-corrected chi connectivity index (χ1v) is 7.77. The summed E-state index contributed by atoms with van der Waals surface area (Å²) in [7, 11) is 0. The van der Waals surface area contributed by atoms with Gasteiger partial charge >= 0.3 is 5.97 Å². The lowest BCUT2D eigenvalue weighted by atomic mass is 10.0. The molecule has 2 unspecified atom stereocenters. The fourth-order valence-electron chi connectivity index (χ4n) is 3.72. The normalized spacial score (nSPS) is 28.4. The minimum atomic E-state index is -2.52. The number of fused-ring (bicyclic) bond motifs is 1. The summed E-state index contributed by atoms with van der Waals surface area (Å²) in [4.78, 5) is 23.6. The topological polar surface area (TPSA) is 67.9 Å². The van der Waals surface area contributed by atoms with Crippen molar-refractivity contribution in [2.75, 3.05) is 6.61 Å². The summed E-state index contributed by atoms with van der Waals surface area (Å²) in [6.45, 7) is 1.87. The van der Waals surface area contributed by atoms with Gasteiger partial charge in [0.15, 0.2) is 5.69 Å². The average Bonchev–Trinajstić information content (AvgIpc) is 2.91. The van der Waals surface area contributed by atoms with Crippen LogP contribution in [0.4, 0.5) is 8.78 Å². The lowest BCUT2D eigenvalue weighted by Gasteiger charge is -2.12. The van der Waals surface area contributed by atoms with Crippen molar-refractivity contribution < 1.29 is 18.3 Å². The van der Waals surface area contributed by atoms with Crippen LogP contribution in [0.25, 0.3) is 11.0 Å². The second kappa shape index (κ2) is 4.72. The number of alkyl halides is 2. The summed E-state index contributed by atoms with van der Waals surface area (Å²) in [5.74, 6) is -2.56. The van der Waals surface area contributed by atoms with Crippen molar-refractivity contribution in [3.8, 4) is 0 Å². The molecule has 1 N–H and O–H groups in total. The second-order valence-corrected chi connectivity index (χ2v) is 6.73. The van der Waals surface area contributed by atoms with Crippen molar-refractivity contribution in [1.82, 2.24) is 15.0 Å². The minimum absolute atomic E-state index is 0.0111. The second-order valence-electron chi connectivity index (χ2n) is 6.73. The standard InChI is InChI=1S/C16H17F2N3O2/c1-9-20-12(11-3-5-19-13(11)21-9)14(22)23-7-10-2-4-15(6-10)8-16(15,17)18/h3,5,10H,2,4,6-8H2,1H3,(H,19,20,21). The van der Waals surface area contributed by atoms with Crippen LogP contribution in [0.2, 0.25) is 0 Å². The fourth-order valence-corrected chi connectivity index (χ4v) is 3.72. The van der Waals surface area contributed by atoms with Crippen molar-refractivity contribution in [2.24, 2.45) is 11.3 Å². The Morgan fingerprint density at radius 3 is 2.96 bits per heavy atom. The molecule has 2 atom stereocenters. The first-order valence-electron chi connectivity index (χ1n) is 7.77. The highest BCUT2D eigenvalue weighted by Gasteiger charge is 2.72. The first-order chi connectivity index (χ1) is 10.9. The van der Waals surface area contributed by atoms with Gasteiger partial charge in [-0.3, -0.25) is 0 Å². The maximum absolute atomic E-state index is 13.4. The van der Waals surface area contributed by atoms with Crippen LogP contribution >= 0.6 is 0 Å². The summed E-state index contributed by atoms with van der Waals surface area (Å²) in [6, 6.07) is 1.72. The Balaban J connectivity index is 1.43. The van der Waals surface area contributed by atoms with Gasteiger partial charge in [-0.05, 0) is 38.2 Å². The van der Waals surface area contributed by atoms with Gasteiger partial charge in [0.05, 0.1) is 12.0 Å². The molecular weight excluding hydrogens is 304 g/mol. The Bertz CT molecular complexity index is 789. The monoisotopic (exact) mass is 321 g/mol. The molecule has 0 bridgehead atoms. The first kappa shape index (κ1) is 14.5. The van der Waals surface area contributed by atoms with E-state index >= 15 is 0 Å². The third-order valence-corrected chi connectivity index (χ3v) is 5.09. The van der Waals surface area contributed by atoms with Gasteiger partial charge in [0.1, 0.15) is 11.5 Å². The highest BCUT2D eigenvalue weighted by molar-refractivity contribution is 6.00. The number of nitrogens with zero attached hydrogens (tertiary/aromatic N) is 2. The van der Waals surface area contributed by atoms with Crippen LogP contribution < -0.4 is 0 Å². The molecule has 122 valence electrons. The highest BCUT2D eigenvalue weighted by Crippen LogP contribution is 2.69. The molecule has 0 aromatic carbocycles. The predicted molar refractivity (Wildman–Crippen MR) is 78.2 cm³/mol. The van der Waals surface area contributed by atoms with Gasteiger partial charge in [-0.1, -0.05) is 0 Å². The number of carbonyl (C=O) groups is 1. The van der Waals surface area contributed by atoms with E-state index in [1.54, 1.807) is 19.2 Å². The molecule has 1 spiro atoms. The van der Waals surface area contributed by atoms with E-state index in [1.807, 2.05) is 0 Å². The number of aromatic nitrogens is 3. The summed E-state index contributed by atoms with van der Waals surface area (Å²) >= 11 is 0. The molecule has 0 radical (unpaired) electrons. The Hall–Kier alpha value is -2.05. The summed E-state index contributed by atoms with van der Waals surface area (Å²) < 4.78 is 32.1. The van der Waals surface area contributed by atoms with E-state index in [9.17, 15) is 13.6 Å². The van der Waals surface area contributed by atoms with E-state index in [-0.39, 0.29) is 24.6 Å². The number of esters is 1. The van der Waals surface area contributed by atoms with Crippen LogP contribution in [0, 0.1) is 18.3 Å². The fraction of sp³-hybridized carbons (Fsp3) is 0.562. The van der Waals surface area contributed by atoms with Crippen LogP contribution in [0.1, 0.15) is 42.0 Å². The molecule has 2 saturated carbocycles. The highest BCUT2D eigenvalue weighted by atomic mass is 19.3. The summed E-state index contributed by atoms with van der Waals surface area (Å²) in [6.07, 6.45) is 3.32. The van der Waals surface area contributed by atoms with E-state index in [2.05, 4.69) is 15.0 Å². The Kier molecular flexibility index (Phi) is 2.98. The number of nitrogens with one attached hydrogen (secondary N) is 1. The number of rotatable bonds is 3. The third kappa shape index (κ3) is 2.29. The van der Waals surface area contributed by atoms with Gasteiger partial charge in [0.2, 0.25) is 0 Å². The number of halogens is 2. The van der Waals surface area contributed by atoms with Crippen molar-refractivity contribution in [3.63, 3.8) is 0 Å². The molecule has 2 fully saturated rings. The lowest BCUT2D eigenvalue weighted by molar-refractivity contribution is 0.0410. The Labute approximate surface area is 131 Å². The van der Waals surface area contributed by atoms with E-state index in [0.717, 1.165) is 0 Å². The molecule has 5 nitrogen and oxygen atoms in total. The zero-order chi connectivity index (χ0) is 16.2. The molecule has 2 aromatic rings. The molecule has 2 aliphatic rings. The molecule has 2 aliphatic carbocycles. The van der Waals surface area contributed by atoms with Crippen LogP contribution in [0.3, 0.4) is 0 Å². The minimum Gasteiger partial charge on any atom is -0.461 e. The number of carbonyl (C=O) groups excluding carboxylic acids is 1. The molecule has 0 amide bonds. The number of H-pyrrole nitrogens is 1. The van der Waals surface area contributed by atoms with Gasteiger partial charge in [-0.2, -0.15) is 0 Å². The average molecular weight is 321 g/mol. The van der Waals surface area contributed by atoms with E-state index in [1.165, 1.54) is 0 Å². The number of aryl methyl sites for hydroxylation is 1. The summed E-state index contributed by atoms with van der Waals surface area (Å²) in [5, 5.41) is 0.609. The molecular formula is C16H17F2N3O2. The van der Waals surface area contributed by atoms with Crippen LogP contribution in [-0.2, 0) is 4.74 Å². The molecule has 0 saturated heterocycles. The Morgan fingerprint density at radius 1 is 1.48 bits per heavy atom. The van der Waals surface area contributed by atoms with E-state index < -0.39 is 17.3 Å². The molecule has 2 aromatic heterocycles. The maximum Gasteiger partial charge on any atom is 0.357 e. The third-order valence-electron chi connectivity index (χ3n) is 5.09. The number of hydrogen-bond donors (Lipinski definition) is 1. The Morgan fingerprint density at radius 2 is 2.26 bits per heavy atom.